The fourth-order valence-corrected chi connectivity index (χ4v) is 2.82. The highest BCUT2D eigenvalue weighted by Gasteiger charge is 2.21. The van der Waals surface area contributed by atoms with Gasteiger partial charge in [-0.2, -0.15) is 0 Å². The standard InChI is InChI=1S/C17H20FN3O/c1-19-7-6-14(13-19)12-17(22)21-10-8-20(9-11-21)16-4-2-15(18)3-5-16/h2-7,13H,8-12H2,1H3. The number of anilines is 1. The van der Waals surface area contributed by atoms with E-state index in [1.165, 1.54) is 12.1 Å². The minimum Gasteiger partial charge on any atom is -0.368 e. The summed E-state index contributed by atoms with van der Waals surface area (Å²) in [6.45, 7) is 2.99. The normalized spacial score (nSPS) is 15.2. The van der Waals surface area contributed by atoms with E-state index in [-0.39, 0.29) is 11.7 Å². The maximum absolute atomic E-state index is 13.0. The van der Waals surface area contributed by atoms with Crippen molar-refractivity contribution in [1.82, 2.24) is 9.47 Å². The van der Waals surface area contributed by atoms with Crippen LogP contribution in [0.15, 0.2) is 42.7 Å². The van der Waals surface area contributed by atoms with Crippen LogP contribution in [-0.4, -0.2) is 41.6 Å². The smallest absolute Gasteiger partial charge is 0.227 e. The van der Waals surface area contributed by atoms with Gasteiger partial charge in [0, 0.05) is 51.3 Å². The Morgan fingerprint density at radius 3 is 2.36 bits per heavy atom. The lowest BCUT2D eigenvalue weighted by Crippen LogP contribution is -2.49. The Bertz CT molecular complexity index is 642. The number of amides is 1. The van der Waals surface area contributed by atoms with Crippen LogP contribution in [0.2, 0.25) is 0 Å². The van der Waals surface area contributed by atoms with Gasteiger partial charge in [-0.1, -0.05) is 0 Å². The summed E-state index contributed by atoms with van der Waals surface area (Å²) in [5.41, 5.74) is 2.06. The number of hydrogen-bond acceptors (Lipinski definition) is 2. The lowest BCUT2D eigenvalue weighted by molar-refractivity contribution is -0.130. The van der Waals surface area contributed by atoms with E-state index in [1.807, 2.05) is 35.0 Å². The van der Waals surface area contributed by atoms with Crippen molar-refractivity contribution in [3.8, 4) is 0 Å². The number of aryl methyl sites for hydroxylation is 1. The second kappa shape index (κ2) is 6.22. The number of carbonyl (C=O) groups excluding carboxylic acids is 1. The van der Waals surface area contributed by atoms with Crippen LogP contribution in [-0.2, 0) is 18.3 Å². The van der Waals surface area contributed by atoms with Crippen molar-refractivity contribution in [3.63, 3.8) is 0 Å². The van der Waals surface area contributed by atoms with Crippen molar-refractivity contribution in [3.05, 3.63) is 54.1 Å². The van der Waals surface area contributed by atoms with E-state index in [0.29, 0.717) is 19.5 Å². The van der Waals surface area contributed by atoms with E-state index in [9.17, 15) is 9.18 Å². The topological polar surface area (TPSA) is 28.5 Å². The fraction of sp³-hybridized carbons (Fsp3) is 0.353. The van der Waals surface area contributed by atoms with Crippen LogP contribution in [0.5, 0.6) is 0 Å². The average molecular weight is 301 g/mol. The van der Waals surface area contributed by atoms with E-state index < -0.39 is 0 Å². The van der Waals surface area contributed by atoms with Crippen molar-refractivity contribution >= 4 is 11.6 Å². The predicted octanol–water partition coefficient (Wildman–Crippen LogP) is 2.06. The molecule has 0 unspecified atom stereocenters. The molecule has 2 aromatic rings. The van der Waals surface area contributed by atoms with Crippen molar-refractivity contribution in [2.75, 3.05) is 31.1 Å². The number of rotatable bonds is 3. The average Bonchev–Trinajstić information content (AvgIpc) is 2.93. The van der Waals surface area contributed by atoms with Gasteiger partial charge in [0.2, 0.25) is 5.91 Å². The summed E-state index contributed by atoms with van der Waals surface area (Å²) in [7, 11) is 1.95. The van der Waals surface area contributed by atoms with E-state index >= 15 is 0 Å². The molecular formula is C17H20FN3O. The van der Waals surface area contributed by atoms with Gasteiger partial charge in [0.15, 0.2) is 0 Å². The van der Waals surface area contributed by atoms with Crippen molar-refractivity contribution in [2.45, 2.75) is 6.42 Å². The van der Waals surface area contributed by atoms with Crippen LogP contribution < -0.4 is 4.90 Å². The number of hydrogen-bond donors (Lipinski definition) is 0. The molecule has 0 atom stereocenters. The molecule has 116 valence electrons. The number of aromatic nitrogens is 1. The van der Waals surface area contributed by atoms with Gasteiger partial charge in [-0.3, -0.25) is 4.79 Å². The van der Waals surface area contributed by atoms with Gasteiger partial charge in [0.1, 0.15) is 5.82 Å². The number of benzene rings is 1. The Morgan fingerprint density at radius 2 is 1.77 bits per heavy atom. The summed E-state index contributed by atoms with van der Waals surface area (Å²) < 4.78 is 14.9. The summed E-state index contributed by atoms with van der Waals surface area (Å²) in [4.78, 5) is 16.4. The molecule has 0 spiro atoms. The van der Waals surface area contributed by atoms with Crippen LogP contribution in [0.3, 0.4) is 0 Å². The third kappa shape index (κ3) is 3.30. The number of halogens is 1. The first-order chi connectivity index (χ1) is 10.6. The van der Waals surface area contributed by atoms with Crippen LogP contribution in [0.25, 0.3) is 0 Å². The van der Waals surface area contributed by atoms with E-state index in [2.05, 4.69) is 4.90 Å². The van der Waals surface area contributed by atoms with Gasteiger partial charge in [-0.15, -0.1) is 0 Å². The van der Waals surface area contributed by atoms with Gasteiger partial charge in [-0.05, 0) is 35.9 Å². The Balaban J connectivity index is 1.54. The summed E-state index contributed by atoms with van der Waals surface area (Å²) in [6, 6.07) is 8.50. The SMILES string of the molecule is Cn1ccc(CC(=O)N2CCN(c3ccc(F)cc3)CC2)c1. The van der Waals surface area contributed by atoms with Gasteiger partial charge in [0.25, 0.3) is 0 Å². The first-order valence-electron chi connectivity index (χ1n) is 7.51. The lowest BCUT2D eigenvalue weighted by Gasteiger charge is -2.36. The Labute approximate surface area is 129 Å². The molecule has 0 saturated carbocycles. The minimum absolute atomic E-state index is 0.171. The summed E-state index contributed by atoms with van der Waals surface area (Å²) in [6.07, 6.45) is 4.39. The molecule has 3 rings (SSSR count). The molecule has 1 aromatic carbocycles. The molecule has 22 heavy (non-hydrogen) atoms. The van der Waals surface area contributed by atoms with Crippen molar-refractivity contribution in [2.24, 2.45) is 7.05 Å². The number of piperazine rings is 1. The van der Waals surface area contributed by atoms with E-state index in [0.717, 1.165) is 24.3 Å². The molecule has 0 radical (unpaired) electrons. The van der Waals surface area contributed by atoms with Crippen LogP contribution in [0.1, 0.15) is 5.56 Å². The first kappa shape index (κ1) is 14.6. The van der Waals surface area contributed by atoms with Gasteiger partial charge in [-0.25, -0.2) is 4.39 Å². The highest BCUT2D eigenvalue weighted by atomic mass is 19.1. The molecule has 4 nitrogen and oxygen atoms in total. The third-order valence-corrected chi connectivity index (χ3v) is 4.07. The van der Waals surface area contributed by atoms with Crippen molar-refractivity contribution < 1.29 is 9.18 Å². The molecule has 1 saturated heterocycles. The molecule has 2 heterocycles. The molecule has 5 heteroatoms. The molecule has 1 fully saturated rings. The molecule has 1 amide bonds. The quantitative estimate of drug-likeness (QED) is 0.868. The van der Waals surface area contributed by atoms with Gasteiger partial charge >= 0.3 is 0 Å². The zero-order valence-electron chi connectivity index (χ0n) is 12.7. The molecule has 0 N–H and O–H groups in total. The molecule has 0 bridgehead atoms. The van der Waals surface area contributed by atoms with Crippen LogP contribution in [0.4, 0.5) is 10.1 Å². The van der Waals surface area contributed by atoms with E-state index in [4.69, 9.17) is 0 Å². The maximum atomic E-state index is 13.0. The molecular weight excluding hydrogens is 281 g/mol. The Kier molecular flexibility index (Phi) is 4.13. The second-order valence-corrected chi connectivity index (χ2v) is 5.71. The number of nitrogens with zero attached hydrogens (tertiary/aromatic N) is 3. The van der Waals surface area contributed by atoms with Crippen molar-refractivity contribution in [1.29, 1.82) is 0 Å². The minimum atomic E-state index is -0.222. The highest BCUT2D eigenvalue weighted by molar-refractivity contribution is 5.79. The summed E-state index contributed by atoms with van der Waals surface area (Å²) in [5.74, 6) is -0.0506. The molecule has 1 aliphatic heterocycles. The Hall–Kier alpha value is -2.30. The van der Waals surface area contributed by atoms with Gasteiger partial charge < -0.3 is 14.4 Å². The van der Waals surface area contributed by atoms with Gasteiger partial charge in [0.05, 0.1) is 6.42 Å². The zero-order valence-corrected chi connectivity index (χ0v) is 12.7. The predicted molar refractivity (Wildman–Crippen MR) is 84.3 cm³/mol. The summed E-state index contributed by atoms with van der Waals surface area (Å²) >= 11 is 0. The third-order valence-electron chi connectivity index (χ3n) is 4.07. The van der Waals surface area contributed by atoms with E-state index in [1.54, 1.807) is 12.1 Å². The highest BCUT2D eigenvalue weighted by Crippen LogP contribution is 2.17. The van der Waals surface area contributed by atoms with Crippen LogP contribution >= 0.6 is 0 Å². The largest absolute Gasteiger partial charge is 0.368 e. The molecule has 1 aliphatic rings. The Morgan fingerprint density at radius 1 is 1.09 bits per heavy atom. The fourth-order valence-electron chi connectivity index (χ4n) is 2.82. The molecule has 0 aliphatic carbocycles. The second-order valence-electron chi connectivity index (χ2n) is 5.71. The van der Waals surface area contributed by atoms with Crippen LogP contribution in [0, 0.1) is 5.82 Å². The monoisotopic (exact) mass is 301 g/mol. The lowest BCUT2D eigenvalue weighted by atomic mass is 10.2. The maximum Gasteiger partial charge on any atom is 0.227 e. The first-order valence-corrected chi connectivity index (χ1v) is 7.51. The summed E-state index contributed by atoms with van der Waals surface area (Å²) in [5, 5.41) is 0. The molecule has 1 aromatic heterocycles. The zero-order chi connectivity index (χ0) is 15.5. The number of carbonyl (C=O) groups is 1.